The maximum atomic E-state index is 12.8. The van der Waals surface area contributed by atoms with Crippen molar-refractivity contribution in [3.8, 4) is 0 Å². The molecule has 2 nitrogen and oxygen atoms in total. The molecule has 0 aromatic rings. The van der Waals surface area contributed by atoms with Crippen molar-refractivity contribution in [1.29, 1.82) is 0 Å². The molecule has 4 aliphatic rings. The summed E-state index contributed by atoms with van der Waals surface area (Å²) in [5.74, 6) is 5.30. The number of ether oxygens (including phenoxy) is 1. The fourth-order valence-corrected chi connectivity index (χ4v) is 11.3. The number of hydrogen-bond acceptors (Lipinski definition) is 2. The minimum absolute atomic E-state index is 0.0473. The summed E-state index contributed by atoms with van der Waals surface area (Å²) in [4.78, 5) is 12.8. The molecule has 4 rings (SSSR count). The molecule has 270 valence electrons. The molecule has 3 saturated carbocycles. The first-order valence-corrected chi connectivity index (χ1v) is 21.2. The van der Waals surface area contributed by atoms with Crippen LogP contribution in [0.4, 0.5) is 0 Å². The van der Waals surface area contributed by atoms with Crippen LogP contribution in [0, 0.1) is 46.3 Å². The zero-order valence-corrected chi connectivity index (χ0v) is 32.3. The molecule has 0 aromatic heterocycles. The largest absolute Gasteiger partial charge is 0.462 e. The highest BCUT2D eigenvalue weighted by Crippen LogP contribution is 2.67. The van der Waals surface area contributed by atoms with E-state index in [2.05, 4.69) is 59.8 Å². The maximum Gasteiger partial charge on any atom is 0.306 e. The van der Waals surface area contributed by atoms with Gasteiger partial charge in [-0.3, -0.25) is 4.79 Å². The van der Waals surface area contributed by atoms with E-state index >= 15 is 0 Å². The Morgan fingerprint density at radius 1 is 0.809 bits per heavy atom. The molecule has 0 radical (unpaired) electrons. The van der Waals surface area contributed by atoms with Crippen LogP contribution >= 0.6 is 0 Å². The Hall–Kier alpha value is -1.05. The van der Waals surface area contributed by atoms with Crippen LogP contribution in [-0.2, 0) is 9.53 Å². The third kappa shape index (κ3) is 10.7. The number of hydrogen-bond donors (Lipinski definition) is 0. The lowest BCUT2D eigenvalue weighted by Gasteiger charge is -2.58. The lowest BCUT2D eigenvalue weighted by Crippen LogP contribution is -2.51. The predicted octanol–water partition coefficient (Wildman–Crippen LogP) is 14.0. The van der Waals surface area contributed by atoms with E-state index in [-0.39, 0.29) is 12.1 Å². The molecule has 3 fully saturated rings. The lowest BCUT2D eigenvalue weighted by atomic mass is 9.47. The molecule has 0 heterocycles. The Bertz CT molecular complexity index is 976. The van der Waals surface area contributed by atoms with Crippen molar-refractivity contribution in [2.24, 2.45) is 46.3 Å². The van der Waals surface area contributed by atoms with Crippen molar-refractivity contribution >= 4 is 5.97 Å². The van der Waals surface area contributed by atoms with E-state index in [1.807, 2.05) is 0 Å². The van der Waals surface area contributed by atoms with Gasteiger partial charge in [-0.2, -0.15) is 0 Å². The number of carbonyl (C=O) groups is 1. The van der Waals surface area contributed by atoms with Crippen molar-refractivity contribution in [1.82, 2.24) is 0 Å². The second-order valence-electron chi connectivity index (χ2n) is 18.0. The quantitative estimate of drug-likeness (QED) is 0.0702. The van der Waals surface area contributed by atoms with E-state index in [4.69, 9.17) is 4.74 Å². The molecule has 47 heavy (non-hydrogen) atoms. The molecule has 2 heteroatoms. The van der Waals surface area contributed by atoms with Crippen molar-refractivity contribution in [3.05, 3.63) is 23.8 Å². The molecule has 0 bridgehead atoms. The van der Waals surface area contributed by atoms with E-state index in [9.17, 15) is 4.79 Å². The summed E-state index contributed by atoms with van der Waals surface area (Å²) in [5, 5.41) is 0. The van der Waals surface area contributed by atoms with Gasteiger partial charge in [0.1, 0.15) is 6.10 Å². The Balaban J connectivity index is 1.12. The van der Waals surface area contributed by atoms with Crippen LogP contribution < -0.4 is 0 Å². The molecule has 0 spiro atoms. The standard InChI is InChI=1S/C45H78O2/c1-7-8-9-10-11-12-13-14-15-16-17-18-19-20-21-25-43(46)47-38-30-32-44(5)37(34-38)26-27-39-41-29-28-40(36(4)24-22-23-35(2)3)45(41,6)33-31-42(39)44/h16-17,26,35-36,38-42H,7-15,18-25,27-34H2,1-6H3/b17-16-/t36-,38+,39?,40?,41?,42?,44+,45-/m1/s1. The fraction of sp³-hybridized carbons (Fsp3) is 0.889. The first-order valence-electron chi connectivity index (χ1n) is 21.2. The van der Waals surface area contributed by atoms with Gasteiger partial charge in [0.25, 0.3) is 0 Å². The van der Waals surface area contributed by atoms with Gasteiger partial charge in [0.2, 0.25) is 0 Å². The van der Waals surface area contributed by atoms with Gasteiger partial charge in [0, 0.05) is 12.8 Å². The number of rotatable bonds is 21. The molecule has 4 aliphatic carbocycles. The van der Waals surface area contributed by atoms with Gasteiger partial charge in [-0.15, -0.1) is 0 Å². The Kier molecular flexibility index (Phi) is 16.0. The fourth-order valence-electron chi connectivity index (χ4n) is 11.3. The van der Waals surface area contributed by atoms with E-state index in [0.29, 0.717) is 17.3 Å². The van der Waals surface area contributed by atoms with E-state index in [1.165, 1.54) is 122 Å². The molecule has 0 amide bonds. The normalized spacial score (nSPS) is 32.6. The number of carbonyl (C=O) groups excluding carboxylic acids is 1. The first kappa shape index (κ1) is 38.7. The van der Waals surface area contributed by atoms with E-state index in [1.54, 1.807) is 5.57 Å². The van der Waals surface area contributed by atoms with Crippen LogP contribution in [0.25, 0.3) is 0 Å². The van der Waals surface area contributed by atoms with Crippen LogP contribution in [0.15, 0.2) is 23.8 Å². The smallest absolute Gasteiger partial charge is 0.306 e. The lowest BCUT2D eigenvalue weighted by molar-refractivity contribution is -0.151. The van der Waals surface area contributed by atoms with Crippen molar-refractivity contribution in [3.63, 3.8) is 0 Å². The SMILES string of the molecule is CCCCCCCCCC/C=C\CCCCCC(=O)O[C@H]1CC[C@@]2(C)C(=CCC3C4CCC([C@H](C)CCCC(C)C)[C@@]4(C)CCC32)C1. The van der Waals surface area contributed by atoms with Crippen molar-refractivity contribution in [2.45, 2.75) is 208 Å². The number of fused-ring (bicyclic) bond motifs is 5. The Labute approximate surface area is 293 Å². The zero-order valence-electron chi connectivity index (χ0n) is 32.3. The monoisotopic (exact) mass is 651 g/mol. The highest BCUT2D eigenvalue weighted by molar-refractivity contribution is 5.69. The molecular formula is C45H78O2. The van der Waals surface area contributed by atoms with Gasteiger partial charge in [-0.1, -0.05) is 136 Å². The molecule has 0 aliphatic heterocycles. The van der Waals surface area contributed by atoms with Gasteiger partial charge in [0.15, 0.2) is 0 Å². The summed E-state index contributed by atoms with van der Waals surface area (Å²) in [7, 11) is 0. The molecular weight excluding hydrogens is 572 g/mol. The molecule has 4 unspecified atom stereocenters. The van der Waals surface area contributed by atoms with Gasteiger partial charge in [0.05, 0.1) is 0 Å². The van der Waals surface area contributed by atoms with Gasteiger partial charge in [-0.05, 0) is 123 Å². The van der Waals surface area contributed by atoms with E-state index in [0.717, 1.165) is 67.6 Å². The summed E-state index contributed by atoms with van der Waals surface area (Å²) >= 11 is 0. The second kappa shape index (κ2) is 19.4. The molecule has 8 atom stereocenters. The minimum Gasteiger partial charge on any atom is -0.462 e. The van der Waals surface area contributed by atoms with Crippen molar-refractivity contribution in [2.75, 3.05) is 0 Å². The third-order valence-corrected chi connectivity index (χ3v) is 14.2. The topological polar surface area (TPSA) is 26.3 Å². The summed E-state index contributed by atoms with van der Waals surface area (Å²) in [5.41, 5.74) is 2.52. The highest BCUT2D eigenvalue weighted by atomic mass is 16.5. The van der Waals surface area contributed by atoms with Crippen LogP contribution in [0.2, 0.25) is 0 Å². The highest BCUT2D eigenvalue weighted by Gasteiger charge is 2.59. The van der Waals surface area contributed by atoms with Crippen LogP contribution in [-0.4, -0.2) is 12.1 Å². The third-order valence-electron chi connectivity index (χ3n) is 14.2. The van der Waals surface area contributed by atoms with Crippen LogP contribution in [0.5, 0.6) is 0 Å². The zero-order chi connectivity index (χ0) is 33.7. The van der Waals surface area contributed by atoms with Gasteiger partial charge in [-0.25, -0.2) is 0 Å². The maximum absolute atomic E-state index is 12.8. The minimum atomic E-state index is 0.0473. The van der Waals surface area contributed by atoms with Gasteiger partial charge >= 0.3 is 5.97 Å². The Morgan fingerprint density at radius 2 is 1.49 bits per heavy atom. The summed E-state index contributed by atoms with van der Waals surface area (Å²) in [6.45, 7) is 14.9. The summed E-state index contributed by atoms with van der Waals surface area (Å²) < 4.78 is 6.12. The van der Waals surface area contributed by atoms with Crippen molar-refractivity contribution < 1.29 is 9.53 Å². The van der Waals surface area contributed by atoms with Crippen LogP contribution in [0.1, 0.15) is 202 Å². The number of allylic oxidation sites excluding steroid dienone is 3. The first-order chi connectivity index (χ1) is 22.7. The van der Waals surface area contributed by atoms with E-state index < -0.39 is 0 Å². The van der Waals surface area contributed by atoms with Gasteiger partial charge < -0.3 is 4.74 Å². The number of unbranched alkanes of at least 4 members (excludes halogenated alkanes) is 11. The Morgan fingerprint density at radius 3 is 2.19 bits per heavy atom. The average molecular weight is 651 g/mol. The molecule has 0 aromatic carbocycles. The number of esters is 1. The summed E-state index contributed by atoms with van der Waals surface area (Å²) in [6, 6.07) is 0. The average Bonchev–Trinajstić information content (AvgIpc) is 3.40. The predicted molar refractivity (Wildman–Crippen MR) is 202 cm³/mol. The van der Waals surface area contributed by atoms with Crippen LogP contribution in [0.3, 0.4) is 0 Å². The molecule has 0 saturated heterocycles. The second-order valence-corrected chi connectivity index (χ2v) is 18.0. The summed E-state index contributed by atoms with van der Waals surface area (Å²) in [6.07, 6.45) is 39.5. The molecule has 0 N–H and O–H groups in total.